The number of nitrogens with one attached hydrogen (secondary N) is 1. The van der Waals surface area contributed by atoms with Crippen molar-refractivity contribution in [1.82, 2.24) is 15.1 Å². The molecule has 0 aliphatic carbocycles. The van der Waals surface area contributed by atoms with Gasteiger partial charge >= 0.3 is 0 Å². The number of nitrogens with zero attached hydrogens (tertiary/aromatic N) is 2. The van der Waals surface area contributed by atoms with Gasteiger partial charge in [-0.25, -0.2) is 0 Å². The number of hydrogen-bond acceptors (Lipinski definition) is 5. The molecular formula is C18H27N3O3. The predicted octanol–water partition coefficient (Wildman–Crippen LogP) is 1.24. The third-order valence-electron chi connectivity index (χ3n) is 5.35. The Morgan fingerprint density at radius 2 is 2.04 bits per heavy atom. The Labute approximate surface area is 143 Å². The van der Waals surface area contributed by atoms with Gasteiger partial charge in [-0.3, -0.25) is 4.79 Å². The predicted molar refractivity (Wildman–Crippen MR) is 91.9 cm³/mol. The molecule has 1 atom stereocenters. The largest absolute Gasteiger partial charge is 0.467 e. The molecular weight excluding hydrogens is 306 g/mol. The molecule has 1 aromatic rings. The highest BCUT2D eigenvalue weighted by atomic mass is 16.7. The summed E-state index contributed by atoms with van der Waals surface area (Å²) < 4.78 is 11.0. The Kier molecular flexibility index (Phi) is 5.08. The van der Waals surface area contributed by atoms with Gasteiger partial charge in [0.25, 0.3) is 5.91 Å². The zero-order valence-electron chi connectivity index (χ0n) is 14.7. The summed E-state index contributed by atoms with van der Waals surface area (Å²) >= 11 is 0. The first kappa shape index (κ1) is 17.2. The fraction of sp³-hybridized carbons (Fsp3) is 0.611. The lowest BCUT2D eigenvalue weighted by Gasteiger charge is -2.45. The minimum atomic E-state index is -0.597. The Bertz CT molecular complexity index is 583. The van der Waals surface area contributed by atoms with Crippen LogP contribution in [0.25, 0.3) is 0 Å². The van der Waals surface area contributed by atoms with Crippen LogP contribution in [0.3, 0.4) is 0 Å². The van der Waals surface area contributed by atoms with Crippen LogP contribution in [0, 0.1) is 0 Å². The molecule has 6 heteroatoms. The lowest BCUT2D eigenvalue weighted by atomic mass is 9.86. The van der Waals surface area contributed by atoms with Gasteiger partial charge in [-0.2, -0.15) is 0 Å². The quantitative estimate of drug-likeness (QED) is 0.898. The maximum absolute atomic E-state index is 12.7. The van der Waals surface area contributed by atoms with Gasteiger partial charge in [0.15, 0.2) is 12.9 Å². The molecule has 0 unspecified atom stereocenters. The van der Waals surface area contributed by atoms with Crippen LogP contribution in [0.4, 0.5) is 0 Å². The second-order valence-corrected chi connectivity index (χ2v) is 6.99. The van der Waals surface area contributed by atoms with Crippen molar-refractivity contribution in [3.8, 4) is 5.75 Å². The number of piperidine rings is 1. The lowest BCUT2D eigenvalue weighted by Crippen LogP contribution is -2.58. The minimum Gasteiger partial charge on any atom is -0.467 e. The molecule has 132 valence electrons. The van der Waals surface area contributed by atoms with Crippen LogP contribution in [-0.4, -0.2) is 68.8 Å². The zero-order valence-corrected chi connectivity index (χ0v) is 14.7. The monoisotopic (exact) mass is 333 g/mol. The van der Waals surface area contributed by atoms with Gasteiger partial charge in [0.2, 0.25) is 0 Å². The van der Waals surface area contributed by atoms with E-state index in [1.807, 2.05) is 24.3 Å². The summed E-state index contributed by atoms with van der Waals surface area (Å²) in [6.45, 7) is 2.84. The molecule has 2 aliphatic rings. The second kappa shape index (κ2) is 7.09. The van der Waals surface area contributed by atoms with E-state index in [1.165, 1.54) is 0 Å². The van der Waals surface area contributed by atoms with Crippen LogP contribution in [0.15, 0.2) is 24.3 Å². The summed E-state index contributed by atoms with van der Waals surface area (Å²) in [4.78, 5) is 17.3. The van der Waals surface area contributed by atoms with Gasteiger partial charge in [-0.1, -0.05) is 18.2 Å². The number of benzene rings is 1. The lowest BCUT2D eigenvalue weighted by molar-refractivity contribution is -0.142. The van der Waals surface area contributed by atoms with Crippen LogP contribution in [0.5, 0.6) is 5.75 Å². The molecule has 1 fully saturated rings. The fourth-order valence-corrected chi connectivity index (χ4v) is 3.46. The first-order chi connectivity index (χ1) is 11.5. The van der Waals surface area contributed by atoms with Crippen LogP contribution in [0.1, 0.15) is 24.5 Å². The molecule has 1 aromatic carbocycles. The molecule has 0 radical (unpaired) electrons. The highest BCUT2D eigenvalue weighted by Crippen LogP contribution is 2.32. The maximum atomic E-state index is 12.7. The van der Waals surface area contributed by atoms with Gasteiger partial charge < -0.3 is 24.6 Å². The fourth-order valence-electron chi connectivity index (χ4n) is 3.46. The smallest absolute Gasteiger partial charge is 0.254 e. The van der Waals surface area contributed by atoms with E-state index in [0.29, 0.717) is 6.54 Å². The summed E-state index contributed by atoms with van der Waals surface area (Å²) in [5, 5.41) is 3.12. The molecule has 0 spiro atoms. The Morgan fingerprint density at radius 3 is 2.75 bits per heavy atom. The average Bonchev–Trinajstić information content (AvgIpc) is 2.60. The van der Waals surface area contributed by atoms with E-state index in [2.05, 4.69) is 36.3 Å². The van der Waals surface area contributed by atoms with Crippen LogP contribution >= 0.6 is 0 Å². The van der Waals surface area contributed by atoms with Crippen LogP contribution < -0.4 is 10.1 Å². The average molecular weight is 333 g/mol. The van der Waals surface area contributed by atoms with Gasteiger partial charge in [0, 0.05) is 17.6 Å². The number of rotatable bonds is 4. The molecule has 0 aromatic heterocycles. The number of amides is 1. The number of likely N-dealkylation sites (N-methyl/N-ethyl adjacent to an activating group) is 1. The highest BCUT2D eigenvalue weighted by Gasteiger charge is 2.37. The van der Waals surface area contributed by atoms with E-state index in [9.17, 15) is 4.79 Å². The first-order valence-electron chi connectivity index (χ1n) is 8.49. The van der Waals surface area contributed by atoms with Crippen LogP contribution in [0.2, 0.25) is 0 Å². The summed E-state index contributed by atoms with van der Waals surface area (Å²) in [5.41, 5.74) is 0.802. The molecule has 3 rings (SSSR count). The molecule has 0 bridgehead atoms. The van der Waals surface area contributed by atoms with E-state index < -0.39 is 6.10 Å². The topological polar surface area (TPSA) is 54.0 Å². The van der Waals surface area contributed by atoms with Crippen molar-refractivity contribution >= 4 is 5.91 Å². The summed E-state index contributed by atoms with van der Waals surface area (Å²) in [7, 11) is 6.33. The first-order valence-corrected chi connectivity index (χ1v) is 8.49. The number of likely N-dealkylation sites (tertiary alicyclic amines) is 1. The standard InChI is InChI=1S/C18H27N3O3/c1-20(2)18(8-10-21(3)11-9-18)12-19-17(22)16-14-6-4-5-7-15(14)23-13-24-16/h4-7,16H,8-13H2,1-3H3,(H,19,22)/t16-/m1/s1. The third kappa shape index (κ3) is 3.41. The summed E-state index contributed by atoms with van der Waals surface area (Å²) in [6.07, 6.45) is 1.49. The van der Waals surface area contributed by atoms with E-state index >= 15 is 0 Å². The van der Waals surface area contributed by atoms with Gasteiger partial charge in [-0.05, 0) is 53.1 Å². The van der Waals surface area contributed by atoms with Gasteiger partial charge in [0.05, 0.1) is 0 Å². The summed E-state index contributed by atoms with van der Waals surface area (Å²) in [6, 6.07) is 7.56. The Hall–Kier alpha value is -1.63. The van der Waals surface area contributed by atoms with E-state index in [0.717, 1.165) is 37.2 Å². The van der Waals surface area contributed by atoms with Crippen molar-refractivity contribution in [2.24, 2.45) is 0 Å². The van der Waals surface area contributed by atoms with Crippen molar-refractivity contribution in [1.29, 1.82) is 0 Å². The molecule has 1 amide bonds. The molecule has 0 saturated carbocycles. The van der Waals surface area contributed by atoms with Crippen molar-refractivity contribution < 1.29 is 14.3 Å². The van der Waals surface area contributed by atoms with E-state index in [4.69, 9.17) is 9.47 Å². The highest BCUT2D eigenvalue weighted by molar-refractivity contribution is 5.83. The zero-order chi connectivity index (χ0) is 17.2. The number of carbonyl (C=O) groups excluding carboxylic acids is 1. The molecule has 6 nitrogen and oxygen atoms in total. The summed E-state index contributed by atoms with van der Waals surface area (Å²) in [5.74, 6) is 0.636. The van der Waals surface area contributed by atoms with Crippen molar-refractivity contribution in [3.05, 3.63) is 29.8 Å². The van der Waals surface area contributed by atoms with Gasteiger partial charge in [-0.15, -0.1) is 0 Å². The molecule has 1 N–H and O–H groups in total. The van der Waals surface area contributed by atoms with Gasteiger partial charge in [0.1, 0.15) is 5.75 Å². The molecule has 1 saturated heterocycles. The van der Waals surface area contributed by atoms with Crippen molar-refractivity contribution in [2.75, 3.05) is 47.6 Å². The molecule has 2 aliphatic heterocycles. The number of para-hydroxylation sites is 1. The Morgan fingerprint density at radius 1 is 1.33 bits per heavy atom. The van der Waals surface area contributed by atoms with E-state index in [-0.39, 0.29) is 18.2 Å². The van der Waals surface area contributed by atoms with E-state index in [1.54, 1.807) is 0 Å². The number of hydrogen-bond donors (Lipinski definition) is 1. The molecule has 24 heavy (non-hydrogen) atoms. The second-order valence-electron chi connectivity index (χ2n) is 6.99. The maximum Gasteiger partial charge on any atom is 0.254 e. The SMILES string of the molecule is CN1CCC(CNC(=O)[C@@H]2OCOc3ccccc32)(N(C)C)CC1. The minimum absolute atomic E-state index is 0.00680. The normalized spacial score (nSPS) is 23.4. The van der Waals surface area contributed by atoms with Crippen molar-refractivity contribution in [3.63, 3.8) is 0 Å². The number of ether oxygens (including phenoxy) is 2. The molecule has 2 heterocycles. The number of carbonyl (C=O) groups is 1. The van der Waals surface area contributed by atoms with Crippen LogP contribution in [-0.2, 0) is 9.53 Å². The third-order valence-corrected chi connectivity index (χ3v) is 5.35. The Balaban J connectivity index is 1.67. The van der Waals surface area contributed by atoms with Crippen molar-refractivity contribution in [2.45, 2.75) is 24.5 Å². The number of fused-ring (bicyclic) bond motifs is 1.